The average molecular weight is 802 g/mol. The molecule has 0 aliphatic rings. The number of para-hydroxylation sites is 1. The van der Waals surface area contributed by atoms with E-state index in [2.05, 4.69) is 207 Å². The van der Waals surface area contributed by atoms with Crippen LogP contribution in [0.1, 0.15) is 110 Å². The predicted molar refractivity (Wildman–Crippen MR) is 258 cm³/mol. The maximum atomic E-state index is 12.3. The summed E-state index contributed by atoms with van der Waals surface area (Å²) in [5.41, 5.74) is 16.7. The van der Waals surface area contributed by atoms with Crippen molar-refractivity contribution in [3.05, 3.63) is 168 Å². The van der Waals surface area contributed by atoms with Gasteiger partial charge in [-0.25, -0.2) is 4.98 Å². The molecule has 0 amide bonds. The largest absolute Gasteiger partial charge is 0.507 e. The van der Waals surface area contributed by atoms with E-state index in [1.54, 1.807) is 0 Å². The van der Waals surface area contributed by atoms with Crippen molar-refractivity contribution in [1.82, 2.24) is 14.5 Å². The highest BCUT2D eigenvalue weighted by Crippen LogP contribution is 2.45. The number of aromatic hydroxyl groups is 1. The summed E-state index contributed by atoms with van der Waals surface area (Å²) in [7, 11) is 0. The van der Waals surface area contributed by atoms with Crippen molar-refractivity contribution < 1.29 is 5.11 Å². The van der Waals surface area contributed by atoms with E-state index in [0.717, 1.165) is 78.9 Å². The second-order valence-electron chi connectivity index (χ2n) is 18.9. The molecular weight excluding hydrogens is 743 g/mol. The van der Waals surface area contributed by atoms with Gasteiger partial charge in [0.05, 0.1) is 28.0 Å². The fourth-order valence-corrected chi connectivity index (χ4v) is 8.35. The van der Waals surface area contributed by atoms with Crippen LogP contribution in [-0.2, 0) is 10.8 Å². The van der Waals surface area contributed by atoms with E-state index in [9.17, 15) is 5.11 Å². The van der Waals surface area contributed by atoms with Gasteiger partial charge in [0, 0.05) is 22.9 Å². The van der Waals surface area contributed by atoms with Crippen LogP contribution in [-0.4, -0.2) is 19.6 Å². The summed E-state index contributed by atoms with van der Waals surface area (Å²) in [5, 5.41) is 12.3. The lowest BCUT2D eigenvalue weighted by Gasteiger charge is -2.26. The number of benzene rings is 6. The van der Waals surface area contributed by atoms with Crippen molar-refractivity contribution in [2.75, 3.05) is 0 Å². The third kappa shape index (κ3) is 8.04. The molecule has 0 saturated heterocycles. The average Bonchev–Trinajstić information content (AvgIpc) is 3.65. The van der Waals surface area contributed by atoms with Gasteiger partial charge in [-0.3, -0.25) is 9.55 Å². The van der Waals surface area contributed by atoms with Gasteiger partial charge in [0.25, 0.3) is 0 Å². The smallest absolute Gasteiger partial charge is 0.149 e. The second kappa shape index (κ2) is 16.3. The lowest BCUT2D eigenvalue weighted by atomic mass is 9.81. The standard InChI is InChI=1S/C57H59N3O/c1-11-57(9,10)44-25-26-51(48(35-44)39-21-16-13-17-22-39)60-52-24-18-23-46(53(52)59-55(60)49-33-41(36(2)3)32-47(37(4)5)54(49)61)42-29-43(31-45(30-42)56(6,7)8)50-34-40(27-28-58-50)38-19-14-12-15-20-38/h12-37,61H,11H2,1-10H3. The molecule has 0 aliphatic heterocycles. The monoisotopic (exact) mass is 801 g/mol. The molecule has 61 heavy (non-hydrogen) atoms. The number of imidazole rings is 1. The molecule has 4 nitrogen and oxygen atoms in total. The van der Waals surface area contributed by atoms with Crippen LogP contribution in [0.4, 0.5) is 0 Å². The summed E-state index contributed by atoms with van der Waals surface area (Å²) in [5.74, 6) is 1.37. The number of rotatable bonds is 10. The van der Waals surface area contributed by atoms with Gasteiger partial charge in [-0.15, -0.1) is 0 Å². The third-order valence-corrected chi connectivity index (χ3v) is 12.6. The normalized spacial score (nSPS) is 12.2. The lowest BCUT2D eigenvalue weighted by Crippen LogP contribution is -2.16. The zero-order valence-electron chi connectivity index (χ0n) is 37.5. The summed E-state index contributed by atoms with van der Waals surface area (Å²) in [6.45, 7) is 22.4. The fourth-order valence-electron chi connectivity index (χ4n) is 8.35. The Labute approximate surface area is 363 Å². The minimum absolute atomic E-state index is 0.0175. The number of phenolic OH excluding ortho intramolecular Hbond substituents is 1. The van der Waals surface area contributed by atoms with Crippen molar-refractivity contribution in [2.24, 2.45) is 0 Å². The quantitative estimate of drug-likeness (QED) is 0.150. The Morgan fingerprint density at radius 3 is 1.92 bits per heavy atom. The molecule has 0 spiro atoms. The summed E-state index contributed by atoms with van der Waals surface area (Å²) >= 11 is 0. The minimum Gasteiger partial charge on any atom is -0.507 e. The maximum Gasteiger partial charge on any atom is 0.149 e. The van der Waals surface area contributed by atoms with Crippen molar-refractivity contribution in [3.63, 3.8) is 0 Å². The van der Waals surface area contributed by atoms with Crippen LogP contribution in [0.25, 0.3) is 72.7 Å². The van der Waals surface area contributed by atoms with E-state index in [0.29, 0.717) is 5.82 Å². The van der Waals surface area contributed by atoms with Crippen LogP contribution < -0.4 is 0 Å². The van der Waals surface area contributed by atoms with E-state index < -0.39 is 0 Å². The zero-order valence-corrected chi connectivity index (χ0v) is 37.5. The first-order valence-corrected chi connectivity index (χ1v) is 21.9. The number of nitrogens with zero attached hydrogens (tertiary/aromatic N) is 3. The highest BCUT2D eigenvalue weighted by molar-refractivity contribution is 5.98. The van der Waals surface area contributed by atoms with Crippen molar-refractivity contribution in [2.45, 2.75) is 98.3 Å². The Morgan fingerprint density at radius 1 is 0.574 bits per heavy atom. The number of hydrogen-bond acceptors (Lipinski definition) is 3. The van der Waals surface area contributed by atoms with Crippen LogP contribution >= 0.6 is 0 Å². The van der Waals surface area contributed by atoms with Gasteiger partial charge in [0.1, 0.15) is 11.6 Å². The third-order valence-electron chi connectivity index (χ3n) is 12.6. The maximum absolute atomic E-state index is 12.3. The molecule has 0 aliphatic carbocycles. The Kier molecular flexibility index (Phi) is 11.1. The van der Waals surface area contributed by atoms with Gasteiger partial charge in [-0.2, -0.15) is 0 Å². The first-order valence-electron chi connectivity index (χ1n) is 21.9. The van der Waals surface area contributed by atoms with E-state index >= 15 is 0 Å². The highest BCUT2D eigenvalue weighted by atomic mass is 16.3. The molecule has 0 bridgehead atoms. The molecule has 308 valence electrons. The minimum atomic E-state index is -0.130. The molecule has 8 rings (SSSR count). The molecule has 0 fully saturated rings. The number of hydrogen-bond donors (Lipinski definition) is 1. The van der Waals surface area contributed by atoms with Crippen LogP contribution in [0.15, 0.2) is 146 Å². The molecular formula is C57H59N3O. The van der Waals surface area contributed by atoms with E-state index in [-0.39, 0.29) is 28.4 Å². The lowest BCUT2D eigenvalue weighted by molar-refractivity contribution is 0.466. The first-order chi connectivity index (χ1) is 29.1. The summed E-state index contributed by atoms with van der Waals surface area (Å²) < 4.78 is 2.30. The van der Waals surface area contributed by atoms with Crippen molar-refractivity contribution in [3.8, 4) is 67.5 Å². The zero-order chi connectivity index (χ0) is 43.2. The van der Waals surface area contributed by atoms with Crippen LogP contribution in [0.2, 0.25) is 0 Å². The summed E-state index contributed by atoms with van der Waals surface area (Å²) in [4.78, 5) is 10.6. The van der Waals surface area contributed by atoms with Crippen LogP contribution in [0.5, 0.6) is 5.75 Å². The number of fused-ring (bicyclic) bond motifs is 1. The Bertz CT molecular complexity index is 2860. The van der Waals surface area contributed by atoms with Gasteiger partial charge in [-0.05, 0) is 122 Å². The van der Waals surface area contributed by atoms with Gasteiger partial charge in [-0.1, -0.05) is 160 Å². The Hall–Kier alpha value is -6.26. The van der Waals surface area contributed by atoms with Crippen molar-refractivity contribution >= 4 is 11.0 Å². The van der Waals surface area contributed by atoms with E-state index in [1.165, 1.54) is 16.7 Å². The van der Waals surface area contributed by atoms with Crippen molar-refractivity contribution in [1.29, 1.82) is 0 Å². The molecule has 0 unspecified atom stereocenters. The van der Waals surface area contributed by atoms with Gasteiger partial charge in [0.15, 0.2) is 0 Å². The Morgan fingerprint density at radius 2 is 1.26 bits per heavy atom. The number of pyridine rings is 1. The van der Waals surface area contributed by atoms with Crippen LogP contribution in [0, 0.1) is 0 Å². The Balaban J connectivity index is 1.45. The predicted octanol–water partition coefficient (Wildman–Crippen LogP) is 15.7. The molecule has 2 heterocycles. The second-order valence-corrected chi connectivity index (χ2v) is 18.9. The molecule has 6 aromatic carbocycles. The molecule has 1 N–H and O–H groups in total. The van der Waals surface area contributed by atoms with E-state index in [4.69, 9.17) is 9.97 Å². The molecule has 0 radical (unpaired) electrons. The number of aromatic nitrogens is 3. The molecule has 0 saturated carbocycles. The molecule has 8 aromatic rings. The van der Waals surface area contributed by atoms with E-state index in [1.807, 2.05) is 12.3 Å². The van der Waals surface area contributed by atoms with Gasteiger partial charge in [0.2, 0.25) is 0 Å². The highest BCUT2D eigenvalue weighted by Gasteiger charge is 2.27. The topological polar surface area (TPSA) is 50.9 Å². The van der Waals surface area contributed by atoms with Gasteiger partial charge >= 0.3 is 0 Å². The molecule has 0 atom stereocenters. The summed E-state index contributed by atoms with van der Waals surface area (Å²) in [6, 6.07) is 50.1. The summed E-state index contributed by atoms with van der Waals surface area (Å²) in [6.07, 6.45) is 2.93. The van der Waals surface area contributed by atoms with Crippen LogP contribution in [0.3, 0.4) is 0 Å². The molecule has 2 aromatic heterocycles. The number of phenols is 1. The first kappa shape index (κ1) is 41.5. The molecule has 4 heteroatoms. The van der Waals surface area contributed by atoms with Gasteiger partial charge < -0.3 is 5.11 Å². The SMILES string of the molecule is CCC(C)(C)c1ccc(-n2c(-c3cc(C(C)C)cc(C(C)C)c3O)nc3c(-c4cc(-c5cc(-c6ccccc6)ccn5)cc(C(C)(C)C)c4)cccc32)c(-c2ccccc2)c1. The fraction of sp³-hybridized carbons (Fsp3) is 0.263.